The Kier molecular flexibility index (Phi) is 4.82. The zero-order valence-corrected chi connectivity index (χ0v) is 16.0. The predicted octanol–water partition coefficient (Wildman–Crippen LogP) is 1.78. The number of imidazole rings is 1. The van der Waals surface area contributed by atoms with Crippen molar-refractivity contribution >= 4 is 28.4 Å². The zero-order chi connectivity index (χ0) is 19.0. The van der Waals surface area contributed by atoms with E-state index < -0.39 is 0 Å². The van der Waals surface area contributed by atoms with E-state index in [9.17, 15) is 9.59 Å². The molecule has 4 rings (SSSR count). The topological polar surface area (TPSA) is 80.5 Å². The molecular weight excluding hydrogens is 346 g/mol. The highest BCUT2D eigenvalue weighted by Gasteiger charge is 2.22. The fourth-order valence-electron chi connectivity index (χ4n) is 4.11. The molecule has 2 aliphatic rings. The zero-order valence-electron chi connectivity index (χ0n) is 16.0. The van der Waals surface area contributed by atoms with Crippen molar-refractivity contribution in [3.8, 4) is 0 Å². The van der Waals surface area contributed by atoms with Crippen LogP contribution in [0.2, 0.25) is 0 Å². The second kappa shape index (κ2) is 7.26. The van der Waals surface area contributed by atoms with Gasteiger partial charge in [0.1, 0.15) is 0 Å². The number of carbonyl (C=O) groups is 1. The van der Waals surface area contributed by atoms with Gasteiger partial charge in [0.25, 0.3) is 0 Å². The average molecular weight is 373 g/mol. The van der Waals surface area contributed by atoms with Crippen LogP contribution in [0.1, 0.15) is 25.7 Å². The molecule has 2 N–H and O–H groups in total. The summed E-state index contributed by atoms with van der Waals surface area (Å²) in [5, 5.41) is 6.10. The summed E-state index contributed by atoms with van der Waals surface area (Å²) in [6.45, 7) is 2.81. The number of aryl methyl sites for hydroxylation is 2. The molecule has 146 valence electrons. The molecule has 27 heavy (non-hydrogen) atoms. The number of carbonyl (C=O) groups excluding carboxylic acids is 1. The molecule has 2 aromatic rings. The van der Waals surface area contributed by atoms with Crippen molar-refractivity contribution in [3.05, 3.63) is 22.6 Å². The van der Waals surface area contributed by atoms with E-state index in [1.54, 1.807) is 23.2 Å². The van der Waals surface area contributed by atoms with E-state index in [0.717, 1.165) is 48.3 Å². The largest absolute Gasteiger partial charge is 0.378 e. The van der Waals surface area contributed by atoms with Crippen LogP contribution in [-0.4, -0.2) is 47.5 Å². The molecule has 1 saturated heterocycles. The number of aromatic nitrogens is 2. The van der Waals surface area contributed by atoms with Gasteiger partial charge in [-0.05, 0) is 25.0 Å². The normalized spacial score (nSPS) is 18.2. The van der Waals surface area contributed by atoms with Crippen LogP contribution in [0.25, 0.3) is 11.0 Å². The summed E-state index contributed by atoms with van der Waals surface area (Å²) in [6.07, 6.45) is 4.41. The van der Waals surface area contributed by atoms with Crippen LogP contribution in [0.4, 0.5) is 16.2 Å². The Balaban J connectivity index is 1.70. The van der Waals surface area contributed by atoms with Crippen molar-refractivity contribution in [3.63, 3.8) is 0 Å². The minimum Gasteiger partial charge on any atom is -0.378 e. The fraction of sp³-hybridized carbons (Fsp3) is 0.579. The van der Waals surface area contributed by atoms with Gasteiger partial charge in [0, 0.05) is 33.2 Å². The van der Waals surface area contributed by atoms with Gasteiger partial charge in [0.2, 0.25) is 0 Å². The van der Waals surface area contributed by atoms with Gasteiger partial charge in [-0.3, -0.25) is 9.13 Å². The van der Waals surface area contributed by atoms with Gasteiger partial charge in [-0.25, -0.2) is 9.59 Å². The maximum Gasteiger partial charge on any atom is 0.328 e. The first kappa shape index (κ1) is 17.9. The van der Waals surface area contributed by atoms with Crippen molar-refractivity contribution in [2.75, 3.05) is 36.5 Å². The quantitative estimate of drug-likeness (QED) is 0.859. The summed E-state index contributed by atoms with van der Waals surface area (Å²) < 4.78 is 8.71. The van der Waals surface area contributed by atoms with E-state index in [4.69, 9.17) is 4.74 Å². The Morgan fingerprint density at radius 3 is 2.37 bits per heavy atom. The third-order valence-corrected chi connectivity index (χ3v) is 5.68. The first-order chi connectivity index (χ1) is 13.0. The summed E-state index contributed by atoms with van der Waals surface area (Å²) in [6, 6.07) is 3.96. The van der Waals surface area contributed by atoms with Gasteiger partial charge in [-0.2, -0.15) is 0 Å². The van der Waals surface area contributed by atoms with Gasteiger partial charge in [-0.15, -0.1) is 0 Å². The second-order valence-electron chi connectivity index (χ2n) is 7.44. The number of nitrogens with zero attached hydrogens (tertiary/aromatic N) is 3. The van der Waals surface area contributed by atoms with E-state index >= 15 is 0 Å². The number of hydrogen-bond donors (Lipinski definition) is 2. The molecule has 1 aromatic carbocycles. The van der Waals surface area contributed by atoms with Crippen LogP contribution in [-0.2, 0) is 18.8 Å². The molecule has 0 bridgehead atoms. The lowest BCUT2D eigenvalue weighted by molar-refractivity contribution is 0.123. The number of hydrogen-bond acceptors (Lipinski definition) is 4. The molecule has 1 saturated carbocycles. The summed E-state index contributed by atoms with van der Waals surface area (Å²) in [5.41, 5.74) is 3.22. The van der Waals surface area contributed by atoms with Gasteiger partial charge in [0.15, 0.2) is 0 Å². The molecule has 0 unspecified atom stereocenters. The molecule has 0 atom stereocenters. The van der Waals surface area contributed by atoms with Crippen LogP contribution in [0.3, 0.4) is 0 Å². The Morgan fingerprint density at radius 1 is 1.07 bits per heavy atom. The summed E-state index contributed by atoms with van der Waals surface area (Å²) in [5.74, 6) is 0. The molecular formula is C19H27N5O3. The van der Waals surface area contributed by atoms with Crippen LogP contribution in [0, 0.1) is 0 Å². The van der Waals surface area contributed by atoms with Crippen molar-refractivity contribution in [1.82, 2.24) is 14.5 Å². The van der Waals surface area contributed by atoms with Gasteiger partial charge in [0.05, 0.1) is 35.6 Å². The van der Waals surface area contributed by atoms with Crippen molar-refractivity contribution in [2.45, 2.75) is 31.7 Å². The maximum atomic E-state index is 12.6. The van der Waals surface area contributed by atoms with Crippen LogP contribution in [0.15, 0.2) is 16.9 Å². The molecule has 2 amide bonds. The molecule has 8 heteroatoms. The van der Waals surface area contributed by atoms with Gasteiger partial charge >= 0.3 is 11.7 Å². The smallest absolute Gasteiger partial charge is 0.328 e. The van der Waals surface area contributed by atoms with E-state index in [-0.39, 0.29) is 17.8 Å². The van der Waals surface area contributed by atoms with Crippen LogP contribution >= 0.6 is 0 Å². The minimum atomic E-state index is -0.184. The predicted molar refractivity (Wildman–Crippen MR) is 106 cm³/mol. The first-order valence-electron chi connectivity index (χ1n) is 9.64. The lowest BCUT2D eigenvalue weighted by atomic mass is 10.2. The van der Waals surface area contributed by atoms with E-state index in [1.165, 1.54) is 12.8 Å². The van der Waals surface area contributed by atoms with Crippen molar-refractivity contribution < 1.29 is 9.53 Å². The maximum absolute atomic E-state index is 12.6. The van der Waals surface area contributed by atoms with E-state index in [1.807, 2.05) is 12.1 Å². The number of rotatable bonds is 3. The number of morpholine rings is 1. The summed E-state index contributed by atoms with van der Waals surface area (Å²) in [7, 11) is 3.52. The second-order valence-corrected chi connectivity index (χ2v) is 7.44. The number of amides is 2. The molecule has 2 heterocycles. The molecule has 1 aromatic heterocycles. The molecule has 0 radical (unpaired) electrons. The molecule has 8 nitrogen and oxygen atoms in total. The fourth-order valence-corrected chi connectivity index (χ4v) is 4.11. The molecule has 0 spiro atoms. The van der Waals surface area contributed by atoms with Crippen LogP contribution in [0.5, 0.6) is 0 Å². The monoisotopic (exact) mass is 373 g/mol. The Morgan fingerprint density at radius 2 is 1.70 bits per heavy atom. The lowest BCUT2D eigenvalue weighted by Crippen LogP contribution is -2.38. The Labute approximate surface area is 158 Å². The number of urea groups is 1. The standard InChI is InChI=1S/C19H27N5O3/c1-22-16-11-14(21-18(25)20-13-5-3-4-6-13)15(24-7-9-27-10-8-24)12-17(16)23(2)19(22)26/h11-13H,3-10H2,1-2H3,(H2,20,21,25). The molecule has 1 aliphatic heterocycles. The number of fused-ring (bicyclic) bond motifs is 1. The Hall–Kier alpha value is -2.48. The highest BCUT2D eigenvalue weighted by molar-refractivity contribution is 5.98. The van der Waals surface area contributed by atoms with Crippen LogP contribution < -0.4 is 21.2 Å². The molecule has 1 aliphatic carbocycles. The van der Waals surface area contributed by atoms with Crippen molar-refractivity contribution in [2.24, 2.45) is 14.1 Å². The number of ether oxygens (including phenoxy) is 1. The minimum absolute atomic E-state index is 0.0783. The summed E-state index contributed by atoms with van der Waals surface area (Å²) in [4.78, 5) is 27.1. The van der Waals surface area contributed by atoms with E-state index in [0.29, 0.717) is 13.2 Å². The lowest BCUT2D eigenvalue weighted by Gasteiger charge is -2.31. The SMILES string of the molecule is Cn1c(=O)n(C)c2cc(N3CCOCC3)c(NC(=O)NC3CCCC3)cc21. The average Bonchev–Trinajstić information content (AvgIpc) is 3.25. The highest BCUT2D eigenvalue weighted by Crippen LogP contribution is 2.31. The highest BCUT2D eigenvalue weighted by atomic mass is 16.5. The van der Waals surface area contributed by atoms with Gasteiger partial charge < -0.3 is 20.3 Å². The number of anilines is 2. The molecule has 2 fully saturated rings. The van der Waals surface area contributed by atoms with Gasteiger partial charge in [-0.1, -0.05) is 12.8 Å². The Bertz CT molecular complexity index is 904. The van der Waals surface area contributed by atoms with E-state index in [2.05, 4.69) is 15.5 Å². The number of nitrogens with one attached hydrogen (secondary N) is 2. The summed E-state index contributed by atoms with van der Waals surface area (Å²) >= 11 is 0. The number of benzene rings is 1. The third-order valence-electron chi connectivity index (χ3n) is 5.68. The first-order valence-corrected chi connectivity index (χ1v) is 9.64. The third kappa shape index (κ3) is 3.41. The van der Waals surface area contributed by atoms with Crippen molar-refractivity contribution in [1.29, 1.82) is 0 Å².